The lowest BCUT2D eigenvalue weighted by molar-refractivity contribution is 0.103. The highest BCUT2D eigenvalue weighted by Crippen LogP contribution is 2.28. The number of amides is 1. The van der Waals surface area contributed by atoms with Crippen molar-refractivity contribution >= 4 is 33.7 Å². The standard InChI is InChI=1S/C24H23N3O2S2/c1-14-6-5-7-19(10-14)29-12-21-25-17(4)22(31-21)23(28)27-24-26-20(13-30-24)18-9-8-15(2)16(3)11-18/h5-11,13H,12H2,1-4H3,(H,26,27,28). The summed E-state index contributed by atoms with van der Waals surface area (Å²) in [5, 5.41) is 6.20. The van der Waals surface area contributed by atoms with Crippen molar-refractivity contribution in [1.82, 2.24) is 9.97 Å². The summed E-state index contributed by atoms with van der Waals surface area (Å²) in [5.41, 5.74) is 6.20. The summed E-state index contributed by atoms with van der Waals surface area (Å²) in [7, 11) is 0. The Labute approximate surface area is 189 Å². The van der Waals surface area contributed by atoms with E-state index in [9.17, 15) is 4.79 Å². The lowest BCUT2D eigenvalue weighted by atomic mass is 10.1. The molecule has 1 amide bonds. The average Bonchev–Trinajstić information content (AvgIpc) is 3.35. The minimum Gasteiger partial charge on any atom is -0.486 e. The van der Waals surface area contributed by atoms with Gasteiger partial charge in [-0.05, 0) is 62.6 Å². The van der Waals surface area contributed by atoms with Gasteiger partial charge in [0.15, 0.2) is 5.13 Å². The molecule has 1 N–H and O–H groups in total. The maximum Gasteiger partial charge on any atom is 0.269 e. The van der Waals surface area contributed by atoms with E-state index >= 15 is 0 Å². The van der Waals surface area contributed by atoms with Gasteiger partial charge in [0.25, 0.3) is 5.91 Å². The Bertz CT molecular complexity index is 1240. The van der Waals surface area contributed by atoms with E-state index in [2.05, 4.69) is 47.3 Å². The second kappa shape index (κ2) is 8.99. The van der Waals surface area contributed by atoms with Crippen LogP contribution in [0.5, 0.6) is 5.75 Å². The Morgan fingerprint density at radius 2 is 1.87 bits per heavy atom. The van der Waals surface area contributed by atoms with Gasteiger partial charge >= 0.3 is 0 Å². The fraction of sp³-hybridized carbons (Fsp3) is 0.208. The van der Waals surface area contributed by atoms with Crippen LogP contribution in [0, 0.1) is 27.7 Å². The van der Waals surface area contributed by atoms with E-state index in [0.29, 0.717) is 22.3 Å². The SMILES string of the molecule is Cc1cccc(OCc2nc(C)c(C(=O)Nc3nc(-c4ccc(C)c(C)c4)cs3)s2)c1. The van der Waals surface area contributed by atoms with Crippen molar-refractivity contribution in [2.75, 3.05) is 5.32 Å². The number of hydrogen-bond donors (Lipinski definition) is 1. The van der Waals surface area contributed by atoms with Crippen molar-refractivity contribution in [3.8, 4) is 17.0 Å². The van der Waals surface area contributed by atoms with E-state index in [1.807, 2.05) is 43.5 Å². The first kappa shape index (κ1) is 21.2. The first-order chi connectivity index (χ1) is 14.9. The molecule has 5 nitrogen and oxygen atoms in total. The van der Waals surface area contributed by atoms with E-state index in [1.165, 1.54) is 33.8 Å². The molecule has 4 rings (SSSR count). The lowest BCUT2D eigenvalue weighted by Gasteiger charge is -2.04. The van der Waals surface area contributed by atoms with Gasteiger partial charge in [0.05, 0.1) is 11.4 Å². The summed E-state index contributed by atoms with van der Waals surface area (Å²) in [5.74, 6) is 0.596. The molecule has 2 aromatic heterocycles. The monoisotopic (exact) mass is 449 g/mol. The number of hydrogen-bond acceptors (Lipinski definition) is 6. The number of anilines is 1. The molecule has 0 saturated heterocycles. The van der Waals surface area contributed by atoms with Gasteiger partial charge in [0, 0.05) is 10.9 Å². The van der Waals surface area contributed by atoms with E-state index < -0.39 is 0 Å². The molecule has 0 aliphatic carbocycles. The fourth-order valence-electron chi connectivity index (χ4n) is 3.09. The predicted molar refractivity (Wildman–Crippen MR) is 127 cm³/mol. The molecule has 0 unspecified atom stereocenters. The number of benzene rings is 2. The van der Waals surface area contributed by atoms with Gasteiger partial charge in [0.2, 0.25) is 0 Å². The number of aryl methyl sites for hydroxylation is 4. The van der Waals surface area contributed by atoms with Crippen LogP contribution in [0.1, 0.15) is 37.1 Å². The molecule has 158 valence electrons. The number of nitrogens with zero attached hydrogens (tertiary/aromatic N) is 2. The molecular formula is C24H23N3O2S2. The molecule has 0 bridgehead atoms. The van der Waals surface area contributed by atoms with E-state index in [0.717, 1.165) is 27.6 Å². The number of nitrogens with one attached hydrogen (secondary N) is 1. The first-order valence-corrected chi connectivity index (χ1v) is 11.6. The van der Waals surface area contributed by atoms with Crippen molar-refractivity contribution < 1.29 is 9.53 Å². The summed E-state index contributed by atoms with van der Waals surface area (Å²) < 4.78 is 5.82. The fourth-order valence-corrected chi connectivity index (χ4v) is 4.68. The molecular weight excluding hydrogens is 426 g/mol. The number of aromatic nitrogens is 2. The Balaban J connectivity index is 1.43. The van der Waals surface area contributed by atoms with E-state index in [1.54, 1.807) is 0 Å². The van der Waals surface area contributed by atoms with E-state index in [-0.39, 0.29) is 5.91 Å². The molecule has 0 radical (unpaired) electrons. The van der Waals surface area contributed by atoms with Gasteiger partial charge in [-0.3, -0.25) is 10.1 Å². The van der Waals surface area contributed by atoms with Gasteiger partial charge in [-0.15, -0.1) is 22.7 Å². The number of rotatable bonds is 6. The summed E-state index contributed by atoms with van der Waals surface area (Å²) in [6.07, 6.45) is 0. The van der Waals surface area contributed by atoms with Gasteiger partial charge in [-0.1, -0.05) is 24.3 Å². The average molecular weight is 450 g/mol. The molecule has 0 spiro atoms. The normalized spacial score (nSPS) is 10.8. The van der Waals surface area contributed by atoms with Gasteiger partial charge in [0.1, 0.15) is 22.2 Å². The quantitative estimate of drug-likeness (QED) is 0.373. The number of carbonyl (C=O) groups excluding carboxylic acids is 1. The highest BCUT2D eigenvalue weighted by atomic mass is 32.1. The third-order valence-corrected chi connectivity index (χ3v) is 6.81. The predicted octanol–water partition coefficient (Wildman–Crippen LogP) is 6.33. The van der Waals surface area contributed by atoms with Crippen molar-refractivity contribution in [3.63, 3.8) is 0 Å². The van der Waals surface area contributed by atoms with Crippen LogP contribution < -0.4 is 10.1 Å². The number of ether oxygens (including phenoxy) is 1. The molecule has 4 aromatic rings. The smallest absolute Gasteiger partial charge is 0.269 e. The Kier molecular flexibility index (Phi) is 6.15. The number of carbonyl (C=O) groups is 1. The lowest BCUT2D eigenvalue weighted by Crippen LogP contribution is -2.11. The topological polar surface area (TPSA) is 64.1 Å². The molecule has 0 saturated carbocycles. The van der Waals surface area contributed by atoms with Gasteiger partial charge in [-0.25, -0.2) is 9.97 Å². The molecule has 0 atom stereocenters. The van der Waals surface area contributed by atoms with Crippen molar-refractivity contribution in [3.05, 3.63) is 80.1 Å². The summed E-state index contributed by atoms with van der Waals surface area (Å²) in [6.45, 7) is 8.36. The minimum atomic E-state index is -0.196. The number of thiazole rings is 2. The second-order valence-electron chi connectivity index (χ2n) is 7.42. The third kappa shape index (κ3) is 5.00. The van der Waals surface area contributed by atoms with Crippen molar-refractivity contribution in [1.29, 1.82) is 0 Å². The van der Waals surface area contributed by atoms with Crippen LogP contribution in [0.2, 0.25) is 0 Å². The summed E-state index contributed by atoms with van der Waals surface area (Å²) in [6, 6.07) is 14.1. The van der Waals surface area contributed by atoms with Gasteiger partial charge < -0.3 is 4.74 Å². The molecule has 0 aliphatic heterocycles. The van der Waals surface area contributed by atoms with Crippen LogP contribution in [-0.2, 0) is 6.61 Å². The zero-order valence-electron chi connectivity index (χ0n) is 17.9. The molecule has 0 aliphatic rings. The molecule has 0 fully saturated rings. The second-order valence-corrected chi connectivity index (χ2v) is 9.36. The zero-order chi connectivity index (χ0) is 22.0. The first-order valence-electron chi connectivity index (χ1n) is 9.89. The highest BCUT2D eigenvalue weighted by molar-refractivity contribution is 7.15. The van der Waals surface area contributed by atoms with Crippen LogP contribution >= 0.6 is 22.7 Å². The van der Waals surface area contributed by atoms with Crippen LogP contribution in [0.15, 0.2) is 47.8 Å². The summed E-state index contributed by atoms with van der Waals surface area (Å²) in [4.78, 5) is 22.5. The van der Waals surface area contributed by atoms with Gasteiger partial charge in [-0.2, -0.15) is 0 Å². The maximum atomic E-state index is 12.8. The van der Waals surface area contributed by atoms with E-state index in [4.69, 9.17) is 4.74 Å². The van der Waals surface area contributed by atoms with Crippen LogP contribution in [-0.4, -0.2) is 15.9 Å². The van der Waals surface area contributed by atoms with Crippen molar-refractivity contribution in [2.24, 2.45) is 0 Å². The zero-order valence-corrected chi connectivity index (χ0v) is 19.5. The van der Waals surface area contributed by atoms with Crippen LogP contribution in [0.3, 0.4) is 0 Å². The minimum absolute atomic E-state index is 0.196. The van der Waals surface area contributed by atoms with Crippen LogP contribution in [0.25, 0.3) is 11.3 Å². The third-order valence-electron chi connectivity index (χ3n) is 4.93. The Morgan fingerprint density at radius 3 is 2.65 bits per heavy atom. The Hall–Kier alpha value is -3.03. The summed E-state index contributed by atoms with van der Waals surface area (Å²) >= 11 is 2.76. The molecule has 2 heterocycles. The maximum absolute atomic E-state index is 12.8. The largest absolute Gasteiger partial charge is 0.486 e. The van der Waals surface area contributed by atoms with Crippen LogP contribution in [0.4, 0.5) is 5.13 Å². The molecule has 7 heteroatoms. The highest BCUT2D eigenvalue weighted by Gasteiger charge is 2.17. The molecule has 31 heavy (non-hydrogen) atoms. The molecule has 2 aromatic carbocycles. The Morgan fingerprint density at radius 1 is 1.03 bits per heavy atom. The van der Waals surface area contributed by atoms with Crippen molar-refractivity contribution in [2.45, 2.75) is 34.3 Å².